The third kappa shape index (κ3) is 4.57. The van der Waals surface area contributed by atoms with Crippen molar-refractivity contribution in [2.24, 2.45) is 0 Å². The molecule has 1 aromatic carbocycles. The molecular weight excluding hydrogens is 224 g/mol. The minimum absolute atomic E-state index is 0.285. The Morgan fingerprint density at radius 3 is 2.56 bits per heavy atom. The summed E-state index contributed by atoms with van der Waals surface area (Å²) in [5.41, 5.74) is 0.285. The number of thioether (sulfide) groups is 1. The monoisotopic (exact) mass is 240 g/mol. The van der Waals surface area contributed by atoms with Gasteiger partial charge in [0.05, 0.1) is 12.2 Å². The number of carboxylic acids is 1. The van der Waals surface area contributed by atoms with Crippen LogP contribution >= 0.6 is 11.8 Å². The van der Waals surface area contributed by atoms with Crippen LogP contribution < -0.4 is 4.74 Å². The summed E-state index contributed by atoms with van der Waals surface area (Å²) in [6.07, 6.45) is 1.18. The molecule has 0 saturated carbocycles. The number of benzene rings is 1. The molecule has 0 aromatic heterocycles. The molecule has 0 radical (unpaired) electrons. The van der Waals surface area contributed by atoms with Crippen molar-refractivity contribution < 1.29 is 14.6 Å². The molecule has 0 bridgehead atoms. The molecule has 16 heavy (non-hydrogen) atoms. The van der Waals surface area contributed by atoms with E-state index in [1.54, 1.807) is 24.3 Å². The summed E-state index contributed by atoms with van der Waals surface area (Å²) in [6, 6.07) is 6.48. The zero-order chi connectivity index (χ0) is 11.8. The predicted octanol–water partition coefficient (Wildman–Crippen LogP) is 2.91. The Balaban J connectivity index is 2.29. The van der Waals surface area contributed by atoms with Crippen LogP contribution in [0.25, 0.3) is 0 Å². The van der Waals surface area contributed by atoms with Crippen LogP contribution in [0.4, 0.5) is 0 Å². The Hall–Kier alpha value is -1.16. The fourth-order valence-corrected chi connectivity index (χ4v) is 1.85. The van der Waals surface area contributed by atoms with E-state index in [9.17, 15) is 4.79 Å². The molecule has 0 amide bonds. The maximum absolute atomic E-state index is 10.6. The Morgan fingerprint density at radius 2 is 2.00 bits per heavy atom. The van der Waals surface area contributed by atoms with E-state index in [2.05, 4.69) is 6.92 Å². The molecule has 0 aliphatic rings. The van der Waals surface area contributed by atoms with Gasteiger partial charge in [-0.25, -0.2) is 4.79 Å². The van der Waals surface area contributed by atoms with E-state index in [1.165, 1.54) is 6.42 Å². The standard InChI is InChI=1S/C12H16O3S/c1-2-8-16-9-7-15-11-5-3-10(4-6-11)12(13)14/h3-6H,2,7-9H2,1H3,(H,13,14). The quantitative estimate of drug-likeness (QED) is 0.744. The zero-order valence-corrected chi connectivity index (χ0v) is 10.1. The van der Waals surface area contributed by atoms with Gasteiger partial charge in [-0.2, -0.15) is 11.8 Å². The van der Waals surface area contributed by atoms with Crippen molar-refractivity contribution in [3.8, 4) is 5.75 Å². The number of rotatable bonds is 7. The minimum atomic E-state index is -0.912. The van der Waals surface area contributed by atoms with Crippen LogP contribution in [0.2, 0.25) is 0 Å². The van der Waals surface area contributed by atoms with Gasteiger partial charge in [0, 0.05) is 5.75 Å². The van der Waals surface area contributed by atoms with E-state index in [0.29, 0.717) is 6.61 Å². The lowest BCUT2D eigenvalue weighted by atomic mass is 10.2. The van der Waals surface area contributed by atoms with Crippen LogP contribution in [-0.4, -0.2) is 29.2 Å². The number of carboxylic acid groups (broad SMARTS) is 1. The number of hydrogen-bond donors (Lipinski definition) is 1. The van der Waals surface area contributed by atoms with E-state index >= 15 is 0 Å². The third-order valence-corrected chi connectivity index (χ3v) is 3.10. The average molecular weight is 240 g/mol. The van der Waals surface area contributed by atoms with Gasteiger partial charge in [0.15, 0.2) is 0 Å². The van der Waals surface area contributed by atoms with Crippen molar-refractivity contribution in [3.05, 3.63) is 29.8 Å². The highest BCUT2D eigenvalue weighted by atomic mass is 32.2. The fraction of sp³-hybridized carbons (Fsp3) is 0.417. The van der Waals surface area contributed by atoms with Gasteiger partial charge < -0.3 is 9.84 Å². The zero-order valence-electron chi connectivity index (χ0n) is 9.31. The Morgan fingerprint density at radius 1 is 1.31 bits per heavy atom. The molecule has 0 saturated heterocycles. The van der Waals surface area contributed by atoms with Gasteiger partial charge >= 0.3 is 5.97 Å². The highest BCUT2D eigenvalue weighted by Crippen LogP contribution is 2.12. The van der Waals surface area contributed by atoms with Gasteiger partial charge in [0.25, 0.3) is 0 Å². The first-order chi connectivity index (χ1) is 7.74. The lowest BCUT2D eigenvalue weighted by Gasteiger charge is -2.05. The minimum Gasteiger partial charge on any atom is -0.493 e. The van der Waals surface area contributed by atoms with Crippen LogP contribution in [-0.2, 0) is 0 Å². The van der Waals surface area contributed by atoms with Crippen molar-refractivity contribution in [1.29, 1.82) is 0 Å². The first kappa shape index (κ1) is 12.9. The largest absolute Gasteiger partial charge is 0.493 e. The lowest BCUT2D eigenvalue weighted by Crippen LogP contribution is -2.01. The SMILES string of the molecule is CCCSCCOc1ccc(C(=O)O)cc1. The molecule has 0 unspecified atom stereocenters. The normalized spacial score (nSPS) is 10.1. The van der Waals surface area contributed by atoms with E-state index in [-0.39, 0.29) is 5.56 Å². The summed E-state index contributed by atoms with van der Waals surface area (Å²) in [7, 11) is 0. The number of aromatic carboxylic acids is 1. The third-order valence-electron chi connectivity index (χ3n) is 1.95. The van der Waals surface area contributed by atoms with Crippen molar-refractivity contribution in [2.45, 2.75) is 13.3 Å². The summed E-state index contributed by atoms with van der Waals surface area (Å²) in [5, 5.41) is 8.70. The molecule has 0 atom stereocenters. The van der Waals surface area contributed by atoms with E-state index in [4.69, 9.17) is 9.84 Å². The fourth-order valence-electron chi connectivity index (χ4n) is 1.16. The summed E-state index contributed by atoms with van der Waals surface area (Å²) in [4.78, 5) is 10.6. The Labute approximate surface area is 99.8 Å². The highest BCUT2D eigenvalue weighted by Gasteiger charge is 2.01. The molecule has 1 N–H and O–H groups in total. The number of carbonyl (C=O) groups is 1. The summed E-state index contributed by atoms with van der Waals surface area (Å²) in [5.74, 6) is 1.93. The van der Waals surface area contributed by atoms with E-state index < -0.39 is 5.97 Å². The molecular formula is C12H16O3S. The first-order valence-corrected chi connectivity index (χ1v) is 6.43. The van der Waals surface area contributed by atoms with E-state index in [0.717, 1.165) is 17.3 Å². The maximum atomic E-state index is 10.6. The van der Waals surface area contributed by atoms with Crippen LogP contribution in [0.1, 0.15) is 23.7 Å². The van der Waals surface area contributed by atoms with Gasteiger partial charge in [-0.3, -0.25) is 0 Å². The van der Waals surface area contributed by atoms with Crippen LogP contribution in [0, 0.1) is 0 Å². The van der Waals surface area contributed by atoms with E-state index in [1.807, 2.05) is 11.8 Å². The summed E-state index contributed by atoms with van der Waals surface area (Å²) in [6.45, 7) is 2.82. The average Bonchev–Trinajstić information content (AvgIpc) is 2.29. The number of ether oxygens (including phenoxy) is 1. The predicted molar refractivity (Wildman–Crippen MR) is 66.5 cm³/mol. The molecule has 0 aliphatic carbocycles. The van der Waals surface area contributed by atoms with Crippen molar-refractivity contribution in [1.82, 2.24) is 0 Å². The second kappa shape index (κ2) is 7.17. The Bertz CT molecular complexity index is 322. The molecule has 4 heteroatoms. The second-order valence-electron chi connectivity index (χ2n) is 3.29. The van der Waals surface area contributed by atoms with Gasteiger partial charge in [-0.1, -0.05) is 6.92 Å². The van der Waals surface area contributed by atoms with Crippen LogP contribution in [0.5, 0.6) is 5.75 Å². The van der Waals surface area contributed by atoms with Crippen LogP contribution in [0.15, 0.2) is 24.3 Å². The molecule has 88 valence electrons. The molecule has 1 aromatic rings. The summed E-state index contributed by atoms with van der Waals surface area (Å²) >= 11 is 1.86. The molecule has 0 aliphatic heterocycles. The smallest absolute Gasteiger partial charge is 0.335 e. The molecule has 0 fully saturated rings. The molecule has 0 spiro atoms. The second-order valence-corrected chi connectivity index (χ2v) is 4.52. The molecule has 3 nitrogen and oxygen atoms in total. The topological polar surface area (TPSA) is 46.5 Å². The van der Waals surface area contributed by atoms with Gasteiger partial charge in [-0.05, 0) is 36.4 Å². The first-order valence-electron chi connectivity index (χ1n) is 5.28. The number of hydrogen-bond acceptors (Lipinski definition) is 3. The van der Waals surface area contributed by atoms with Gasteiger partial charge in [-0.15, -0.1) is 0 Å². The lowest BCUT2D eigenvalue weighted by molar-refractivity contribution is 0.0697. The highest BCUT2D eigenvalue weighted by molar-refractivity contribution is 7.99. The van der Waals surface area contributed by atoms with Crippen LogP contribution in [0.3, 0.4) is 0 Å². The van der Waals surface area contributed by atoms with Crippen molar-refractivity contribution >= 4 is 17.7 Å². The van der Waals surface area contributed by atoms with Gasteiger partial charge in [0.2, 0.25) is 0 Å². The summed E-state index contributed by atoms with van der Waals surface area (Å²) < 4.78 is 5.47. The van der Waals surface area contributed by atoms with Crippen molar-refractivity contribution in [2.75, 3.05) is 18.1 Å². The molecule has 0 heterocycles. The Kier molecular flexibility index (Phi) is 5.78. The van der Waals surface area contributed by atoms with Gasteiger partial charge in [0.1, 0.15) is 5.75 Å². The molecule has 1 rings (SSSR count). The maximum Gasteiger partial charge on any atom is 0.335 e. The van der Waals surface area contributed by atoms with Crippen molar-refractivity contribution in [3.63, 3.8) is 0 Å².